The fourth-order valence-electron chi connectivity index (χ4n) is 4.09. The fourth-order valence-corrected chi connectivity index (χ4v) is 4.09. The highest BCUT2D eigenvalue weighted by Gasteiger charge is 2.23. The third-order valence-corrected chi connectivity index (χ3v) is 5.90. The molecule has 5 nitrogen and oxygen atoms in total. The maximum atomic E-state index is 5.84. The second kappa shape index (κ2) is 11.0. The summed E-state index contributed by atoms with van der Waals surface area (Å²) >= 11 is 0. The minimum absolute atomic E-state index is 0.352. The molecule has 0 spiro atoms. The molecule has 0 radical (unpaired) electrons. The van der Waals surface area contributed by atoms with Gasteiger partial charge in [0.25, 0.3) is 0 Å². The summed E-state index contributed by atoms with van der Waals surface area (Å²) in [5.74, 6) is 2.32. The van der Waals surface area contributed by atoms with Crippen LogP contribution >= 0.6 is 0 Å². The Kier molecular flexibility index (Phi) is 7.64. The van der Waals surface area contributed by atoms with Crippen molar-refractivity contribution in [1.82, 2.24) is 9.80 Å². The van der Waals surface area contributed by atoms with Crippen molar-refractivity contribution in [3.8, 4) is 5.75 Å². The van der Waals surface area contributed by atoms with E-state index in [2.05, 4.69) is 40.1 Å². The number of allylic oxidation sites excluding steroid dienone is 1. The number of ether oxygens (including phenoxy) is 3. The molecule has 1 fully saturated rings. The number of hydrogen-bond donors (Lipinski definition) is 0. The van der Waals surface area contributed by atoms with Crippen LogP contribution < -0.4 is 4.74 Å². The van der Waals surface area contributed by atoms with Gasteiger partial charge in [-0.05, 0) is 37.1 Å². The first-order valence-corrected chi connectivity index (χ1v) is 11.0. The van der Waals surface area contributed by atoms with Crippen molar-refractivity contribution in [1.29, 1.82) is 0 Å². The normalized spacial score (nSPS) is 18.3. The van der Waals surface area contributed by atoms with Gasteiger partial charge in [-0.2, -0.15) is 0 Å². The van der Waals surface area contributed by atoms with Gasteiger partial charge in [0.1, 0.15) is 24.4 Å². The van der Waals surface area contributed by atoms with Crippen LogP contribution in [0.1, 0.15) is 12.0 Å². The average Bonchev–Trinajstić information content (AvgIpc) is 3.34. The van der Waals surface area contributed by atoms with Crippen molar-refractivity contribution in [2.45, 2.75) is 12.8 Å². The predicted molar refractivity (Wildman–Crippen MR) is 118 cm³/mol. The minimum Gasteiger partial charge on any atom is -0.492 e. The molecule has 0 N–H and O–H groups in total. The van der Waals surface area contributed by atoms with E-state index in [9.17, 15) is 0 Å². The average molecular weight is 409 g/mol. The molecule has 0 amide bonds. The monoisotopic (exact) mass is 408 g/mol. The van der Waals surface area contributed by atoms with Crippen LogP contribution in [0.3, 0.4) is 0 Å². The van der Waals surface area contributed by atoms with Crippen molar-refractivity contribution in [3.63, 3.8) is 0 Å². The summed E-state index contributed by atoms with van der Waals surface area (Å²) < 4.78 is 16.9. The van der Waals surface area contributed by atoms with Crippen LogP contribution in [0.15, 0.2) is 72.7 Å². The molecular weight excluding hydrogens is 376 g/mol. The smallest absolute Gasteiger partial charge is 0.229 e. The van der Waals surface area contributed by atoms with Crippen molar-refractivity contribution >= 4 is 0 Å². The predicted octanol–water partition coefficient (Wildman–Crippen LogP) is 3.78. The Labute approximate surface area is 179 Å². The molecule has 1 unspecified atom stereocenters. The molecule has 0 bridgehead atoms. The van der Waals surface area contributed by atoms with E-state index in [1.165, 1.54) is 5.56 Å². The van der Waals surface area contributed by atoms with Crippen LogP contribution in [0.4, 0.5) is 0 Å². The van der Waals surface area contributed by atoms with Crippen molar-refractivity contribution in [2.24, 2.45) is 5.92 Å². The number of piperazine rings is 1. The van der Waals surface area contributed by atoms with Gasteiger partial charge in [-0.15, -0.1) is 0 Å². The summed E-state index contributed by atoms with van der Waals surface area (Å²) in [4.78, 5) is 5.07. The molecule has 2 aromatic carbocycles. The zero-order valence-electron chi connectivity index (χ0n) is 17.6. The molecule has 30 heavy (non-hydrogen) atoms. The van der Waals surface area contributed by atoms with E-state index < -0.39 is 0 Å². The van der Waals surface area contributed by atoms with Crippen LogP contribution in [0, 0.1) is 5.92 Å². The summed E-state index contributed by atoms with van der Waals surface area (Å²) in [6.45, 7) is 7.59. The number of para-hydroxylation sites is 1. The van der Waals surface area contributed by atoms with Crippen LogP contribution in [0.2, 0.25) is 0 Å². The van der Waals surface area contributed by atoms with E-state index in [-0.39, 0.29) is 0 Å². The summed E-state index contributed by atoms with van der Waals surface area (Å²) in [5, 5.41) is 0. The topological polar surface area (TPSA) is 34.2 Å². The van der Waals surface area contributed by atoms with Crippen molar-refractivity contribution in [2.75, 3.05) is 52.7 Å². The van der Waals surface area contributed by atoms with Crippen LogP contribution in [-0.2, 0) is 15.9 Å². The van der Waals surface area contributed by atoms with E-state index in [4.69, 9.17) is 14.2 Å². The Bertz CT molecular complexity index is 773. The molecule has 2 aliphatic rings. The second-order valence-corrected chi connectivity index (χ2v) is 7.97. The first-order chi connectivity index (χ1) is 14.9. The van der Waals surface area contributed by atoms with Crippen LogP contribution in [0.5, 0.6) is 5.75 Å². The lowest BCUT2D eigenvalue weighted by Gasteiger charge is -2.35. The molecule has 160 valence electrons. The van der Waals surface area contributed by atoms with Gasteiger partial charge in [-0.25, -0.2) is 0 Å². The van der Waals surface area contributed by atoms with Gasteiger partial charge in [0.05, 0.1) is 0 Å². The van der Waals surface area contributed by atoms with E-state index in [0.717, 1.165) is 70.2 Å². The van der Waals surface area contributed by atoms with Gasteiger partial charge in [0.2, 0.25) is 6.79 Å². The van der Waals surface area contributed by atoms with Crippen LogP contribution in [-0.4, -0.2) is 62.5 Å². The Balaban J connectivity index is 1.19. The third kappa shape index (κ3) is 6.25. The Morgan fingerprint density at radius 2 is 1.50 bits per heavy atom. The zero-order valence-corrected chi connectivity index (χ0v) is 17.6. The fraction of sp³-hybridized carbons (Fsp3) is 0.440. The molecule has 2 heterocycles. The number of benzene rings is 2. The molecule has 1 atom stereocenters. The summed E-state index contributed by atoms with van der Waals surface area (Å²) in [6.07, 6.45) is 3.88. The molecule has 4 rings (SSSR count). The van der Waals surface area contributed by atoms with E-state index in [1.54, 1.807) is 6.26 Å². The summed E-state index contributed by atoms with van der Waals surface area (Å²) in [6, 6.07) is 20.7. The van der Waals surface area contributed by atoms with Gasteiger partial charge in [-0.1, -0.05) is 48.5 Å². The molecule has 0 saturated carbocycles. The van der Waals surface area contributed by atoms with E-state index >= 15 is 0 Å². The minimum atomic E-state index is 0.352. The number of nitrogens with zero attached hydrogens (tertiary/aromatic N) is 2. The van der Waals surface area contributed by atoms with Gasteiger partial charge in [-0.3, -0.25) is 4.90 Å². The maximum absolute atomic E-state index is 5.84. The molecule has 1 saturated heterocycles. The first kappa shape index (κ1) is 20.8. The lowest BCUT2D eigenvalue weighted by Crippen LogP contribution is -2.47. The number of hydrogen-bond acceptors (Lipinski definition) is 5. The molecular formula is C25H32N2O3. The molecule has 0 aliphatic carbocycles. The summed E-state index contributed by atoms with van der Waals surface area (Å²) in [7, 11) is 0. The summed E-state index contributed by atoms with van der Waals surface area (Å²) in [5.41, 5.74) is 1.35. The largest absolute Gasteiger partial charge is 0.492 e. The highest BCUT2D eigenvalue weighted by Crippen LogP contribution is 2.25. The molecule has 2 aliphatic heterocycles. The van der Waals surface area contributed by atoms with E-state index in [1.807, 2.05) is 30.3 Å². The lowest BCUT2D eigenvalue weighted by atomic mass is 9.94. The first-order valence-electron chi connectivity index (χ1n) is 11.0. The van der Waals surface area contributed by atoms with Crippen LogP contribution in [0.25, 0.3) is 0 Å². The highest BCUT2D eigenvalue weighted by molar-refractivity contribution is 5.21. The third-order valence-electron chi connectivity index (χ3n) is 5.90. The van der Waals surface area contributed by atoms with Gasteiger partial charge >= 0.3 is 0 Å². The van der Waals surface area contributed by atoms with Gasteiger partial charge < -0.3 is 19.1 Å². The molecule has 5 heteroatoms. The van der Waals surface area contributed by atoms with Crippen molar-refractivity contribution < 1.29 is 14.2 Å². The lowest BCUT2D eigenvalue weighted by molar-refractivity contribution is 0.0667. The zero-order chi connectivity index (χ0) is 20.4. The Hall–Kier alpha value is -2.50. The second-order valence-electron chi connectivity index (χ2n) is 7.97. The standard InChI is InChI=1S/C25H32N2O3/c1-3-7-22(8-4-1)19-23(25-20-28-21-30-25)11-12-26-13-15-27(16-14-26)17-18-29-24-9-5-2-6-10-24/h1-10,20,23H,11-19,21H2. The molecule has 2 aromatic rings. The Morgan fingerprint density at radius 1 is 0.833 bits per heavy atom. The number of rotatable bonds is 10. The van der Waals surface area contributed by atoms with Gasteiger partial charge in [0.15, 0.2) is 0 Å². The molecule has 0 aromatic heterocycles. The SMILES string of the molecule is C1=C(C(CCN2CCN(CCOc3ccccc3)CC2)Cc2ccccc2)OCO1. The maximum Gasteiger partial charge on any atom is 0.229 e. The quantitative estimate of drug-likeness (QED) is 0.598. The van der Waals surface area contributed by atoms with Gasteiger partial charge in [0, 0.05) is 38.6 Å². The highest BCUT2D eigenvalue weighted by atomic mass is 16.7. The Morgan fingerprint density at radius 3 is 2.17 bits per heavy atom. The van der Waals surface area contributed by atoms with Crippen molar-refractivity contribution in [3.05, 3.63) is 78.2 Å². The van der Waals surface area contributed by atoms with E-state index in [0.29, 0.717) is 12.7 Å².